The topological polar surface area (TPSA) is 52.6 Å². The van der Waals surface area contributed by atoms with Gasteiger partial charge in [0, 0.05) is 0 Å². The SMILES string of the molecule is C.C=CCOC(=O)c1ccccc1C(=O)OCC=C. The minimum atomic E-state index is -0.582. The van der Waals surface area contributed by atoms with Crippen molar-refractivity contribution < 1.29 is 19.1 Å². The molecule has 0 aliphatic heterocycles. The van der Waals surface area contributed by atoms with Crippen molar-refractivity contribution in [3.8, 4) is 0 Å². The first-order valence-electron chi connectivity index (χ1n) is 5.35. The van der Waals surface area contributed by atoms with E-state index in [0.29, 0.717) is 0 Å². The fourth-order valence-electron chi connectivity index (χ4n) is 1.26. The van der Waals surface area contributed by atoms with E-state index in [1.165, 1.54) is 24.3 Å². The van der Waals surface area contributed by atoms with Crippen LogP contribution in [0.3, 0.4) is 0 Å². The largest absolute Gasteiger partial charge is 0.458 e. The van der Waals surface area contributed by atoms with Crippen LogP contribution in [0, 0.1) is 0 Å². The van der Waals surface area contributed by atoms with Crippen molar-refractivity contribution >= 4 is 11.9 Å². The highest BCUT2D eigenvalue weighted by molar-refractivity contribution is 6.03. The molecule has 0 heterocycles. The standard InChI is InChI=1S/C14H14O4.CH4/c1-3-9-17-13(15)11-7-5-6-8-12(11)14(16)18-10-4-2;/h3-8H,1-2,9-10H2;1H4. The van der Waals surface area contributed by atoms with Crippen LogP contribution in [0.2, 0.25) is 0 Å². The van der Waals surface area contributed by atoms with Crippen LogP contribution in [0.4, 0.5) is 0 Å². The molecule has 0 fully saturated rings. The van der Waals surface area contributed by atoms with Gasteiger partial charge in [-0.2, -0.15) is 0 Å². The van der Waals surface area contributed by atoms with Crippen LogP contribution in [-0.4, -0.2) is 25.2 Å². The number of carbonyl (C=O) groups is 2. The van der Waals surface area contributed by atoms with Crippen LogP contribution < -0.4 is 0 Å². The fourth-order valence-corrected chi connectivity index (χ4v) is 1.26. The van der Waals surface area contributed by atoms with Gasteiger partial charge in [0.15, 0.2) is 0 Å². The third-order valence-corrected chi connectivity index (χ3v) is 2.03. The zero-order valence-electron chi connectivity index (χ0n) is 9.93. The third kappa shape index (κ3) is 4.79. The van der Waals surface area contributed by atoms with Gasteiger partial charge in [0.25, 0.3) is 0 Å². The summed E-state index contributed by atoms with van der Waals surface area (Å²) in [6.45, 7) is 7.07. The number of rotatable bonds is 6. The lowest BCUT2D eigenvalue weighted by atomic mass is 10.1. The van der Waals surface area contributed by atoms with Gasteiger partial charge in [-0.1, -0.05) is 44.9 Å². The lowest BCUT2D eigenvalue weighted by molar-refractivity contribution is 0.0503. The Bertz CT molecular complexity index is 420. The molecule has 102 valence electrons. The highest BCUT2D eigenvalue weighted by Gasteiger charge is 2.18. The smallest absolute Gasteiger partial charge is 0.339 e. The maximum absolute atomic E-state index is 11.7. The van der Waals surface area contributed by atoms with Crippen LogP contribution in [-0.2, 0) is 9.47 Å². The Morgan fingerprint density at radius 2 is 1.32 bits per heavy atom. The van der Waals surface area contributed by atoms with Crippen molar-refractivity contribution in [3.63, 3.8) is 0 Å². The molecule has 0 amide bonds. The molecular weight excluding hydrogens is 244 g/mol. The van der Waals surface area contributed by atoms with E-state index in [1.807, 2.05) is 0 Å². The maximum atomic E-state index is 11.7. The van der Waals surface area contributed by atoms with Crippen molar-refractivity contribution in [1.29, 1.82) is 0 Å². The van der Waals surface area contributed by atoms with Crippen LogP contribution >= 0.6 is 0 Å². The summed E-state index contributed by atoms with van der Waals surface area (Å²) in [4.78, 5) is 23.4. The van der Waals surface area contributed by atoms with Gasteiger partial charge in [-0.3, -0.25) is 0 Å². The van der Waals surface area contributed by atoms with Crippen molar-refractivity contribution in [1.82, 2.24) is 0 Å². The van der Waals surface area contributed by atoms with Crippen LogP contribution in [0.25, 0.3) is 0 Å². The molecule has 0 radical (unpaired) electrons. The highest BCUT2D eigenvalue weighted by atomic mass is 16.5. The van der Waals surface area contributed by atoms with E-state index in [1.54, 1.807) is 12.1 Å². The van der Waals surface area contributed by atoms with E-state index >= 15 is 0 Å². The van der Waals surface area contributed by atoms with Crippen LogP contribution in [0.1, 0.15) is 28.1 Å². The summed E-state index contributed by atoms with van der Waals surface area (Å²) in [5.74, 6) is -1.16. The Hall–Kier alpha value is -2.36. The van der Waals surface area contributed by atoms with E-state index in [0.717, 1.165) is 0 Å². The number of esters is 2. The zero-order valence-corrected chi connectivity index (χ0v) is 9.93. The first kappa shape index (κ1) is 16.6. The fraction of sp³-hybridized carbons (Fsp3) is 0.200. The molecule has 0 saturated heterocycles. The van der Waals surface area contributed by atoms with Gasteiger partial charge in [0.05, 0.1) is 11.1 Å². The number of ether oxygens (including phenoxy) is 2. The Morgan fingerprint density at radius 1 is 0.947 bits per heavy atom. The quantitative estimate of drug-likeness (QED) is 0.584. The normalized spacial score (nSPS) is 8.84. The van der Waals surface area contributed by atoms with Crippen LogP contribution in [0.15, 0.2) is 49.6 Å². The molecule has 4 nitrogen and oxygen atoms in total. The molecule has 1 rings (SSSR count). The summed E-state index contributed by atoms with van der Waals surface area (Å²) in [6, 6.07) is 6.31. The van der Waals surface area contributed by atoms with Crippen molar-refractivity contribution in [2.24, 2.45) is 0 Å². The second kappa shape index (κ2) is 8.69. The summed E-state index contributed by atoms with van der Waals surface area (Å²) < 4.78 is 9.78. The van der Waals surface area contributed by atoms with Gasteiger partial charge in [0.1, 0.15) is 13.2 Å². The summed E-state index contributed by atoms with van der Waals surface area (Å²) >= 11 is 0. The van der Waals surface area contributed by atoms with Gasteiger partial charge in [0.2, 0.25) is 0 Å². The van der Waals surface area contributed by atoms with Gasteiger partial charge in [-0.15, -0.1) is 0 Å². The second-order valence-electron chi connectivity index (χ2n) is 3.32. The Balaban J connectivity index is 0.00000324. The van der Waals surface area contributed by atoms with Crippen molar-refractivity contribution in [2.75, 3.05) is 13.2 Å². The molecule has 0 aromatic heterocycles. The molecule has 0 aliphatic carbocycles. The van der Waals surface area contributed by atoms with E-state index in [-0.39, 0.29) is 31.8 Å². The molecule has 1 aromatic carbocycles. The summed E-state index contributed by atoms with van der Waals surface area (Å²) in [5, 5.41) is 0. The number of hydrogen-bond donors (Lipinski definition) is 0. The average Bonchev–Trinajstić information content (AvgIpc) is 2.42. The number of carbonyl (C=O) groups excluding carboxylic acids is 2. The Kier molecular flexibility index (Phi) is 7.61. The Labute approximate surface area is 113 Å². The monoisotopic (exact) mass is 262 g/mol. The lowest BCUT2D eigenvalue weighted by Crippen LogP contribution is -2.14. The first-order chi connectivity index (χ1) is 8.70. The highest BCUT2D eigenvalue weighted by Crippen LogP contribution is 2.12. The predicted molar refractivity (Wildman–Crippen MR) is 74.1 cm³/mol. The van der Waals surface area contributed by atoms with Gasteiger partial charge in [-0.25, -0.2) is 9.59 Å². The van der Waals surface area contributed by atoms with E-state index < -0.39 is 11.9 Å². The molecule has 4 heteroatoms. The third-order valence-electron chi connectivity index (χ3n) is 2.03. The predicted octanol–water partition coefficient (Wildman–Crippen LogP) is 3.01. The summed E-state index contributed by atoms with van der Waals surface area (Å²) in [5.41, 5.74) is 0.349. The van der Waals surface area contributed by atoms with Crippen molar-refractivity contribution in [2.45, 2.75) is 7.43 Å². The first-order valence-corrected chi connectivity index (χ1v) is 5.35. The Morgan fingerprint density at radius 3 is 1.63 bits per heavy atom. The van der Waals surface area contributed by atoms with Crippen molar-refractivity contribution in [3.05, 3.63) is 60.7 Å². The average molecular weight is 262 g/mol. The summed E-state index contributed by atoms with van der Waals surface area (Å²) in [6.07, 6.45) is 2.91. The van der Waals surface area contributed by atoms with Crippen LogP contribution in [0.5, 0.6) is 0 Å². The number of hydrogen-bond acceptors (Lipinski definition) is 4. The maximum Gasteiger partial charge on any atom is 0.339 e. The molecule has 0 spiro atoms. The van der Waals surface area contributed by atoms with Gasteiger partial charge < -0.3 is 9.47 Å². The molecular formula is C15H18O4. The molecule has 0 N–H and O–H groups in total. The van der Waals surface area contributed by atoms with Gasteiger partial charge in [-0.05, 0) is 12.1 Å². The minimum absolute atomic E-state index is 0. The zero-order chi connectivity index (χ0) is 13.4. The van der Waals surface area contributed by atoms with E-state index in [9.17, 15) is 9.59 Å². The van der Waals surface area contributed by atoms with Gasteiger partial charge >= 0.3 is 11.9 Å². The molecule has 0 unspecified atom stereocenters. The van der Waals surface area contributed by atoms with E-state index in [4.69, 9.17) is 9.47 Å². The molecule has 0 aliphatic rings. The number of benzene rings is 1. The lowest BCUT2D eigenvalue weighted by Gasteiger charge is -2.07. The second-order valence-corrected chi connectivity index (χ2v) is 3.32. The molecule has 0 saturated carbocycles. The minimum Gasteiger partial charge on any atom is -0.458 e. The summed E-state index contributed by atoms with van der Waals surface area (Å²) in [7, 11) is 0. The molecule has 0 bridgehead atoms. The van der Waals surface area contributed by atoms with E-state index in [2.05, 4.69) is 13.2 Å². The molecule has 0 atom stereocenters. The molecule has 1 aromatic rings. The molecule has 19 heavy (non-hydrogen) atoms.